The van der Waals surface area contributed by atoms with Crippen LogP contribution in [-0.2, 0) is 26.1 Å². The molecule has 0 spiro atoms. The summed E-state index contributed by atoms with van der Waals surface area (Å²) >= 11 is 0. The average Bonchev–Trinajstić information content (AvgIpc) is 3.45. The van der Waals surface area contributed by atoms with Gasteiger partial charge < -0.3 is 19.0 Å². The van der Waals surface area contributed by atoms with Gasteiger partial charge in [-0.05, 0) is 19.1 Å². The number of aromatic nitrogens is 4. The molecule has 1 aliphatic rings. The first kappa shape index (κ1) is 22.9. The molecule has 0 radical (unpaired) electrons. The zero-order valence-corrected chi connectivity index (χ0v) is 18.6. The van der Waals surface area contributed by atoms with Crippen molar-refractivity contribution in [2.75, 3.05) is 33.1 Å². The molecule has 1 saturated heterocycles. The van der Waals surface area contributed by atoms with E-state index in [1.54, 1.807) is 20.3 Å². The maximum absolute atomic E-state index is 12.4. The van der Waals surface area contributed by atoms with Crippen LogP contribution in [0.2, 0.25) is 0 Å². The first-order valence-corrected chi connectivity index (χ1v) is 11.5. The Kier molecular flexibility index (Phi) is 7.08. The van der Waals surface area contributed by atoms with Crippen molar-refractivity contribution in [2.45, 2.75) is 19.5 Å². The van der Waals surface area contributed by atoms with E-state index in [4.69, 9.17) is 19.6 Å². The molecule has 0 bridgehead atoms. The Hall–Kier alpha value is -2.76. The molecule has 168 valence electrons. The van der Waals surface area contributed by atoms with Crippen LogP contribution in [0.15, 0.2) is 36.7 Å². The molecule has 1 N–H and O–H groups in total. The highest BCUT2D eigenvalue weighted by molar-refractivity contribution is 7.89. The molecule has 1 aromatic carbocycles. The number of fused-ring (bicyclic) bond motifs is 1. The predicted molar refractivity (Wildman–Crippen MR) is 116 cm³/mol. The fraction of sp³-hybridized carbons (Fsp3) is 0.450. The standard InChI is InChI=1S/C19H25N5O3S.CH2O2/c1-4-23-16-8-6-5-7-15(16)21-19(23)18-20-9-10-24(18)17-12-27-11-14(17)13-28(25,26)22(2)3;2-1-3/h5-10,14,17H,4,11-13H2,1-3H3;1H,(H,2,3)/t14-,17+;/m0./s1. The second-order valence-electron chi connectivity index (χ2n) is 7.36. The number of carbonyl (C=O) groups is 1. The Morgan fingerprint density at radius 3 is 2.65 bits per heavy atom. The van der Waals surface area contributed by atoms with Gasteiger partial charge in [0, 0.05) is 39.0 Å². The van der Waals surface area contributed by atoms with Gasteiger partial charge in [-0.15, -0.1) is 0 Å². The molecule has 10 nitrogen and oxygen atoms in total. The molecule has 0 unspecified atom stereocenters. The molecule has 2 aromatic heterocycles. The van der Waals surface area contributed by atoms with Crippen molar-refractivity contribution in [3.63, 3.8) is 0 Å². The number of nitrogens with zero attached hydrogens (tertiary/aromatic N) is 5. The van der Waals surface area contributed by atoms with Gasteiger partial charge in [-0.2, -0.15) is 0 Å². The van der Waals surface area contributed by atoms with E-state index in [0.717, 1.165) is 29.2 Å². The molecule has 31 heavy (non-hydrogen) atoms. The number of hydrogen-bond acceptors (Lipinski definition) is 6. The molecule has 4 rings (SSSR count). The largest absolute Gasteiger partial charge is 0.483 e. The van der Waals surface area contributed by atoms with Gasteiger partial charge >= 0.3 is 0 Å². The number of ether oxygens (including phenoxy) is 1. The molecule has 0 amide bonds. The van der Waals surface area contributed by atoms with Gasteiger partial charge in [0.15, 0.2) is 11.6 Å². The lowest BCUT2D eigenvalue weighted by atomic mass is 10.1. The number of hydrogen-bond donors (Lipinski definition) is 1. The maximum atomic E-state index is 12.4. The number of imidazole rings is 2. The zero-order valence-electron chi connectivity index (χ0n) is 17.7. The number of carboxylic acid groups (broad SMARTS) is 1. The topological polar surface area (TPSA) is 120 Å². The van der Waals surface area contributed by atoms with Crippen LogP contribution < -0.4 is 0 Å². The number of para-hydroxylation sites is 2. The summed E-state index contributed by atoms with van der Waals surface area (Å²) in [5.41, 5.74) is 1.98. The van der Waals surface area contributed by atoms with Gasteiger partial charge in [-0.1, -0.05) is 12.1 Å². The minimum absolute atomic E-state index is 0.0481. The van der Waals surface area contributed by atoms with Crippen LogP contribution in [0.1, 0.15) is 13.0 Å². The SMILES string of the molecule is CCn1c(-c2nccn2[C@@H]2COC[C@H]2CS(=O)(=O)N(C)C)nc2ccccc21.O=CO. The van der Waals surface area contributed by atoms with Crippen molar-refractivity contribution in [1.82, 2.24) is 23.4 Å². The summed E-state index contributed by atoms with van der Waals surface area (Å²) in [6.45, 7) is 3.47. The Labute approximate surface area is 181 Å². The third kappa shape index (κ3) is 4.63. The zero-order chi connectivity index (χ0) is 22.6. The van der Waals surface area contributed by atoms with Gasteiger partial charge in [0.25, 0.3) is 6.47 Å². The van der Waals surface area contributed by atoms with Gasteiger partial charge in [0.2, 0.25) is 10.0 Å². The monoisotopic (exact) mass is 449 g/mol. The lowest BCUT2D eigenvalue weighted by Gasteiger charge is -2.22. The molecular weight excluding hydrogens is 422 g/mol. The Morgan fingerprint density at radius 2 is 1.97 bits per heavy atom. The summed E-state index contributed by atoms with van der Waals surface area (Å²) in [7, 11) is -0.194. The molecule has 1 fully saturated rings. The van der Waals surface area contributed by atoms with Crippen LogP contribution in [0.3, 0.4) is 0 Å². The second-order valence-corrected chi connectivity index (χ2v) is 9.59. The number of benzene rings is 1. The van der Waals surface area contributed by atoms with E-state index in [1.165, 1.54) is 4.31 Å². The van der Waals surface area contributed by atoms with Crippen molar-refractivity contribution >= 4 is 27.5 Å². The van der Waals surface area contributed by atoms with Gasteiger partial charge in [-0.3, -0.25) is 4.79 Å². The van der Waals surface area contributed by atoms with E-state index in [0.29, 0.717) is 13.2 Å². The normalized spacial score (nSPS) is 18.8. The van der Waals surface area contributed by atoms with E-state index in [-0.39, 0.29) is 24.2 Å². The van der Waals surface area contributed by atoms with Crippen molar-refractivity contribution in [2.24, 2.45) is 5.92 Å². The minimum atomic E-state index is -3.32. The summed E-state index contributed by atoms with van der Waals surface area (Å²) < 4.78 is 35.9. The third-order valence-electron chi connectivity index (χ3n) is 5.34. The van der Waals surface area contributed by atoms with Gasteiger partial charge in [-0.25, -0.2) is 22.7 Å². The van der Waals surface area contributed by atoms with Gasteiger partial charge in [0.05, 0.1) is 36.0 Å². The fourth-order valence-electron chi connectivity index (χ4n) is 3.79. The van der Waals surface area contributed by atoms with E-state index in [9.17, 15) is 8.42 Å². The van der Waals surface area contributed by atoms with Crippen molar-refractivity contribution < 1.29 is 23.1 Å². The molecular formula is C20H27N5O5S. The molecule has 11 heteroatoms. The van der Waals surface area contributed by atoms with Crippen LogP contribution in [0.25, 0.3) is 22.7 Å². The van der Waals surface area contributed by atoms with Crippen LogP contribution in [0.4, 0.5) is 0 Å². The van der Waals surface area contributed by atoms with Crippen molar-refractivity contribution in [3.05, 3.63) is 36.7 Å². The number of aryl methyl sites for hydroxylation is 1. The highest BCUT2D eigenvalue weighted by atomic mass is 32.2. The quantitative estimate of drug-likeness (QED) is 0.569. The Balaban J connectivity index is 0.000000858. The first-order chi connectivity index (χ1) is 14.8. The smallest absolute Gasteiger partial charge is 0.290 e. The fourth-order valence-corrected chi connectivity index (χ4v) is 4.95. The molecule has 3 heterocycles. The molecule has 0 saturated carbocycles. The minimum Gasteiger partial charge on any atom is -0.483 e. The summed E-state index contributed by atoms with van der Waals surface area (Å²) in [5.74, 6) is 1.43. The van der Waals surface area contributed by atoms with E-state index < -0.39 is 10.0 Å². The highest BCUT2D eigenvalue weighted by Crippen LogP contribution is 2.32. The van der Waals surface area contributed by atoms with Crippen molar-refractivity contribution in [3.8, 4) is 11.6 Å². The molecule has 0 aliphatic carbocycles. The predicted octanol–water partition coefficient (Wildman–Crippen LogP) is 1.70. The lowest BCUT2D eigenvalue weighted by molar-refractivity contribution is -0.122. The van der Waals surface area contributed by atoms with Crippen LogP contribution >= 0.6 is 0 Å². The molecule has 2 atom stereocenters. The molecule has 3 aromatic rings. The summed E-state index contributed by atoms with van der Waals surface area (Å²) in [6, 6.07) is 7.91. The second kappa shape index (κ2) is 9.58. The molecule has 1 aliphatic heterocycles. The third-order valence-corrected chi connectivity index (χ3v) is 7.30. The summed E-state index contributed by atoms with van der Waals surface area (Å²) in [4.78, 5) is 17.7. The average molecular weight is 450 g/mol. The van der Waals surface area contributed by atoms with Crippen LogP contribution in [0.5, 0.6) is 0 Å². The highest BCUT2D eigenvalue weighted by Gasteiger charge is 2.36. The van der Waals surface area contributed by atoms with Gasteiger partial charge in [0.1, 0.15) is 0 Å². The lowest BCUT2D eigenvalue weighted by Crippen LogP contribution is -2.32. The maximum Gasteiger partial charge on any atom is 0.290 e. The number of rotatable bonds is 6. The van der Waals surface area contributed by atoms with Crippen LogP contribution in [-0.4, -0.2) is 76.5 Å². The van der Waals surface area contributed by atoms with E-state index in [1.807, 2.05) is 35.0 Å². The van der Waals surface area contributed by atoms with Crippen molar-refractivity contribution in [1.29, 1.82) is 0 Å². The Morgan fingerprint density at radius 1 is 1.26 bits per heavy atom. The Bertz CT molecular complexity index is 1140. The van der Waals surface area contributed by atoms with E-state index in [2.05, 4.69) is 16.5 Å². The van der Waals surface area contributed by atoms with Crippen LogP contribution in [0, 0.1) is 5.92 Å². The number of sulfonamides is 1. The first-order valence-electron chi connectivity index (χ1n) is 9.88. The summed E-state index contributed by atoms with van der Waals surface area (Å²) in [6.07, 6.45) is 3.63. The van der Waals surface area contributed by atoms with E-state index >= 15 is 0 Å². The summed E-state index contributed by atoms with van der Waals surface area (Å²) in [5, 5.41) is 6.89.